The number of nitrogens with one attached hydrogen (secondary N) is 2. The zero-order valence-corrected chi connectivity index (χ0v) is 22.4. The van der Waals surface area contributed by atoms with Crippen LogP contribution >= 0.6 is 23.2 Å². The fourth-order valence-electron chi connectivity index (χ4n) is 3.98. The van der Waals surface area contributed by atoms with Crippen LogP contribution in [0.25, 0.3) is 0 Å². The highest BCUT2D eigenvalue weighted by atomic mass is 35.5. The molecule has 0 unspecified atom stereocenters. The number of carbonyl (C=O) groups excluding carboxylic acids is 3. The van der Waals surface area contributed by atoms with Gasteiger partial charge < -0.3 is 20.1 Å². The van der Waals surface area contributed by atoms with Gasteiger partial charge >= 0.3 is 0 Å². The number of carbonyl (C=O) groups is 3. The average Bonchev–Trinajstić information content (AvgIpc) is 3.13. The zero-order chi connectivity index (χ0) is 27.4. The Bertz CT molecular complexity index is 1440. The Balaban J connectivity index is 1.38. The molecule has 3 aromatic rings. The van der Waals surface area contributed by atoms with Crippen molar-refractivity contribution < 1.29 is 23.9 Å². The number of hydrogen-bond donors (Lipinski definition) is 2. The van der Waals surface area contributed by atoms with Crippen LogP contribution < -0.4 is 25.0 Å². The summed E-state index contributed by atoms with van der Waals surface area (Å²) in [6.07, 6.45) is 0.608. The molecule has 2 N–H and O–H groups in total. The molecule has 4 rings (SSSR count). The van der Waals surface area contributed by atoms with Gasteiger partial charge in [0.15, 0.2) is 11.5 Å². The van der Waals surface area contributed by atoms with E-state index in [0.717, 1.165) is 10.5 Å². The molecule has 0 bridgehead atoms. The van der Waals surface area contributed by atoms with Gasteiger partial charge in [0.25, 0.3) is 17.7 Å². The minimum atomic E-state index is -0.644. The average molecular weight is 554 g/mol. The first-order valence-electron chi connectivity index (χ1n) is 11.6. The molecule has 1 aliphatic rings. The Kier molecular flexibility index (Phi) is 8.24. The summed E-state index contributed by atoms with van der Waals surface area (Å²) in [6.45, 7) is 2.14. The van der Waals surface area contributed by atoms with Gasteiger partial charge in [-0.15, -0.1) is 0 Å². The fourth-order valence-corrected chi connectivity index (χ4v) is 4.36. The lowest BCUT2D eigenvalue weighted by Gasteiger charge is -2.18. The minimum Gasteiger partial charge on any atom is -0.493 e. The van der Waals surface area contributed by atoms with Crippen LogP contribution in [-0.4, -0.2) is 38.5 Å². The Morgan fingerprint density at radius 1 is 0.921 bits per heavy atom. The number of amides is 3. The predicted octanol–water partition coefficient (Wildman–Crippen LogP) is 5.07. The number of hydrogen-bond acceptors (Lipinski definition) is 6. The second-order valence-corrected chi connectivity index (χ2v) is 9.20. The summed E-state index contributed by atoms with van der Waals surface area (Å²) < 4.78 is 10.6. The maximum absolute atomic E-state index is 13.1. The third-order valence-corrected chi connectivity index (χ3v) is 6.83. The Hall–Kier alpha value is -4.01. The molecule has 10 heteroatoms. The number of ether oxygens (including phenoxy) is 2. The van der Waals surface area contributed by atoms with Crippen molar-refractivity contribution in [3.05, 3.63) is 93.1 Å². The topological polar surface area (TPSA) is 97.0 Å². The molecular formula is C28H25Cl2N3O5. The van der Waals surface area contributed by atoms with E-state index in [4.69, 9.17) is 32.7 Å². The summed E-state index contributed by atoms with van der Waals surface area (Å²) in [6, 6.07) is 17.1. The van der Waals surface area contributed by atoms with Crippen LogP contribution in [-0.2, 0) is 16.0 Å². The number of methoxy groups -OCH3 is 2. The van der Waals surface area contributed by atoms with Crippen LogP contribution in [0.1, 0.15) is 21.5 Å². The smallest absolute Gasteiger partial charge is 0.283 e. The van der Waals surface area contributed by atoms with E-state index in [0.29, 0.717) is 52.0 Å². The summed E-state index contributed by atoms with van der Waals surface area (Å²) in [5, 5.41) is 5.98. The second-order valence-electron chi connectivity index (χ2n) is 8.42. The summed E-state index contributed by atoms with van der Waals surface area (Å²) in [7, 11) is 3.15. The molecule has 1 heterocycles. The molecule has 8 nitrogen and oxygen atoms in total. The van der Waals surface area contributed by atoms with E-state index in [1.54, 1.807) is 63.6 Å². The maximum atomic E-state index is 13.1. The molecule has 0 saturated heterocycles. The van der Waals surface area contributed by atoms with E-state index < -0.39 is 11.8 Å². The first kappa shape index (κ1) is 27.0. The highest BCUT2D eigenvalue weighted by Gasteiger charge is 2.39. The van der Waals surface area contributed by atoms with Gasteiger partial charge in [-0.1, -0.05) is 35.3 Å². The van der Waals surface area contributed by atoms with Crippen molar-refractivity contribution in [3.63, 3.8) is 0 Å². The zero-order valence-electron chi connectivity index (χ0n) is 20.9. The van der Waals surface area contributed by atoms with Gasteiger partial charge in [-0.2, -0.15) is 0 Å². The standard InChI is InChI=1S/C28H25Cl2N3O5/c1-16-20(29)5-4-6-21(16)33-27(35)24(30)25(28(33)36)32-19-10-8-18(9-11-19)26(34)31-14-13-17-7-12-22(37-2)23(15-17)38-3/h4-12,15,32H,13-14H2,1-3H3,(H,31,34). The fraction of sp³-hybridized carbons (Fsp3) is 0.179. The van der Waals surface area contributed by atoms with Gasteiger partial charge in [-0.05, 0) is 73.0 Å². The lowest BCUT2D eigenvalue weighted by molar-refractivity contribution is -0.120. The van der Waals surface area contributed by atoms with Crippen LogP contribution in [0.4, 0.5) is 11.4 Å². The van der Waals surface area contributed by atoms with Crippen LogP contribution in [0.2, 0.25) is 5.02 Å². The lowest BCUT2D eigenvalue weighted by Crippen LogP contribution is -2.32. The number of nitrogens with zero attached hydrogens (tertiary/aromatic N) is 1. The van der Waals surface area contributed by atoms with Gasteiger partial charge in [0.1, 0.15) is 10.7 Å². The second kappa shape index (κ2) is 11.6. The lowest BCUT2D eigenvalue weighted by atomic mass is 10.1. The molecule has 0 atom stereocenters. The van der Waals surface area contributed by atoms with Crippen LogP contribution in [0.3, 0.4) is 0 Å². The highest BCUT2D eigenvalue weighted by molar-refractivity contribution is 6.53. The molecule has 1 aliphatic heterocycles. The summed E-state index contributed by atoms with van der Waals surface area (Å²) in [4.78, 5) is 39.4. The maximum Gasteiger partial charge on any atom is 0.283 e. The van der Waals surface area contributed by atoms with Crippen LogP contribution in [0.5, 0.6) is 11.5 Å². The van der Waals surface area contributed by atoms with E-state index in [2.05, 4.69) is 10.6 Å². The first-order chi connectivity index (χ1) is 18.2. The molecule has 0 spiro atoms. The Labute approximate surface area is 230 Å². The van der Waals surface area contributed by atoms with Crippen molar-refractivity contribution in [2.24, 2.45) is 0 Å². The van der Waals surface area contributed by atoms with Gasteiger partial charge in [0.05, 0.1) is 19.9 Å². The van der Waals surface area contributed by atoms with Gasteiger partial charge in [0.2, 0.25) is 0 Å². The number of benzene rings is 3. The van der Waals surface area contributed by atoms with Crippen LogP contribution in [0.15, 0.2) is 71.4 Å². The molecule has 0 radical (unpaired) electrons. The van der Waals surface area contributed by atoms with Crippen molar-refractivity contribution in [1.82, 2.24) is 5.32 Å². The Morgan fingerprint density at radius 2 is 1.63 bits per heavy atom. The van der Waals surface area contributed by atoms with E-state index in [-0.39, 0.29) is 16.6 Å². The number of anilines is 2. The molecule has 0 fully saturated rings. The van der Waals surface area contributed by atoms with Gasteiger partial charge in [0, 0.05) is 22.8 Å². The highest BCUT2D eigenvalue weighted by Crippen LogP contribution is 2.34. The largest absolute Gasteiger partial charge is 0.493 e. The van der Waals surface area contributed by atoms with E-state index in [1.807, 2.05) is 18.2 Å². The molecule has 196 valence electrons. The molecule has 38 heavy (non-hydrogen) atoms. The molecule has 3 amide bonds. The van der Waals surface area contributed by atoms with E-state index in [1.165, 1.54) is 0 Å². The SMILES string of the molecule is COc1ccc(CCNC(=O)c2ccc(NC3=C(Cl)C(=O)N(c4cccc(Cl)c4C)C3=O)cc2)cc1OC. The minimum absolute atomic E-state index is 0.0526. The van der Waals surface area contributed by atoms with Crippen molar-refractivity contribution in [2.45, 2.75) is 13.3 Å². The Morgan fingerprint density at radius 3 is 2.32 bits per heavy atom. The number of imide groups is 1. The molecule has 0 aliphatic carbocycles. The summed E-state index contributed by atoms with van der Waals surface area (Å²) in [5.41, 5.74) is 2.82. The quantitative estimate of drug-likeness (QED) is 0.359. The monoisotopic (exact) mass is 553 g/mol. The third-order valence-electron chi connectivity index (χ3n) is 6.07. The molecular weight excluding hydrogens is 529 g/mol. The molecule has 0 aromatic heterocycles. The molecule has 3 aromatic carbocycles. The first-order valence-corrected chi connectivity index (χ1v) is 12.4. The molecule has 0 saturated carbocycles. The summed E-state index contributed by atoms with van der Waals surface area (Å²) >= 11 is 12.4. The van der Waals surface area contributed by atoms with E-state index >= 15 is 0 Å². The summed E-state index contributed by atoms with van der Waals surface area (Å²) in [5.74, 6) is -0.216. The predicted molar refractivity (Wildman–Crippen MR) is 147 cm³/mol. The van der Waals surface area contributed by atoms with Crippen molar-refractivity contribution >= 4 is 52.3 Å². The van der Waals surface area contributed by atoms with Crippen LogP contribution in [0, 0.1) is 6.92 Å². The van der Waals surface area contributed by atoms with Crippen molar-refractivity contribution in [3.8, 4) is 11.5 Å². The number of halogens is 2. The third kappa shape index (κ3) is 5.46. The van der Waals surface area contributed by atoms with Gasteiger partial charge in [-0.3, -0.25) is 14.4 Å². The van der Waals surface area contributed by atoms with Crippen molar-refractivity contribution in [2.75, 3.05) is 31.0 Å². The van der Waals surface area contributed by atoms with Crippen molar-refractivity contribution in [1.29, 1.82) is 0 Å². The number of rotatable bonds is 9. The van der Waals surface area contributed by atoms with E-state index in [9.17, 15) is 14.4 Å². The normalized spacial score (nSPS) is 13.1. The van der Waals surface area contributed by atoms with Gasteiger partial charge in [-0.25, -0.2) is 4.90 Å².